The van der Waals surface area contributed by atoms with Gasteiger partial charge in [-0.25, -0.2) is 9.59 Å². The number of carbonyl (C=O) groups excluding carboxylic acids is 6. The molecule has 0 aromatic heterocycles. The van der Waals surface area contributed by atoms with Gasteiger partial charge in [-0.05, 0) is 91.8 Å². The van der Waals surface area contributed by atoms with Gasteiger partial charge in [-0.1, -0.05) is 75.7 Å². The lowest BCUT2D eigenvalue weighted by atomic mass is 9.82. The minimum absolute atomic E-state index is 0.143. The van der Waals surface area contributed by atoms with Crippen LogP contribution in [0.15, 0.2) is 36.4 Å². The van der Waals surface area contributed by atoms with Crippen molar-refractivity contribution in [3.05, 3.63) is 42.0 Å². The van der Waals surface area contributed by atoms with Crippen LogP contribution in [0.25, 0.3) is 0 Å². The van der Waals surface area contributed by atoms with Crippen LogP contribution in [-0.2, 0) is 58.9 Å². The molecule has 1 amide bonds. The number of allylic oxidation sites excluding steroid dienone is 1. The van der Waals surface area contributed by atoms with Crippen molar-refractivity contribution in [1.29, 1.82) is 0 Å². The first-order valence-electron chi connectivity index (χ1n) is 21.4. The Morgan fingerprint density at radius 3 is 1.81 bits per heavy atom. The first kappa shape index (κ1) is 54.8. The van der Waals surface area contributed by atoms with Crippen molar-refractivity contribution < 1.29 is 67.5 Å². The highest BCUT2D eigenvalue weighted by Crippen LogP contribution is 2.28. The molecule has 346 valence electrons. The van der Waals surface area contributed by atoms with E-state index in [1.54, 1.807) is 72.7 Å². The largest absolute Gasteiger partial charge is 0.481 e. The van der Waals surface area contributed by atoms with Gasteiger partial charge in [0.15, 0.2) is 5.60 Å². The van der Waals surface area contributed by atoms with E-state index in [2.05, 4.69) is 24.1 Å². The zero-order valence-electron chi connectivity index (χ0n) is 37.9. The summed E-state index contributed by atoms with van der Waals surface area (Å²) in [6.07, 6.45) is 10.8. The third-order valence-corrected chi connectivity index (χ3v) is 9.48. The average molecular weight is 872 g/mol. The van der Waals surface area contributed by atoms with E-state index in [0.717, 1.165) is 44.9 Å². The summed E-state index contributed by atoms with van der Waals surface area (Å²) in [5, 5.41) is 24.2. The van der Waals surface area contributed by atoms with Crippen LogP contribution in [0.3, 0.4) is 0 Å². The van der Waals surface area contributed by atoms with Crippen LogP contribution in [0.2, 0.25) is 0 Å². The topological polar surface area (TPSA) is 218 Å². The number of hydrogen-bond donors (Lipinski definition) is 3. The Labute approximate surface area is 367 Å². The van der Waals surface area contributed by atoms with Crippen LogP contribution in [0.4, 0.5) is 0 Å². The van der Waals surface area contributed by atoms with Crippen LogP contribution in [0.5, 0.6) is 5.75 Å². The molecule has 0 aliphatic carbocycles. The molecule has 15 nitrogen and oxygen atoms in total. The van der Waals surface area contributed by atoms with E-state index in [0.29, 0.717) is 37.0 Å². The van der Waals surface area contributed by atoms with Gasteiger partial charge in [0, 0.05) is 19.3 Å². The van der Waals surface area contributed by atoms with Crippen molar-refractivity contribution in [1.82, 2.24) is 5.32 Å². The zero-order chi connectivity index (χ0) is 46.8. The highest BCUT2D eigenvalue weighted by Gasteiger charge is 2.50. The number of unbranched alkanes of at least 4 members (excludes halogenated alkanes) is 8. The van der Waals surface area contributed by atoms with Gasteiger partial charge in [-0.15, -0.1) is 5.92 Å². The van der Waals surface area contributed by atoms with Crippen LogP contribution in [0.1, 0.15) is 144 Å². The summed E-state index contributed by atoms with van der Waals surface area (Å²) in [6, 6.07) is 4.98. The number of ether oxygens (including phenoxy) is 5. The summed E-state index contributed by atoms with van der Waals surface area (Å²) in [6.45, 7) is 11.7. The van der Waals surface area contributed by atoms with E-state index in [1.807, 2.05) is 0 Å². The SMILES string of the molecule is CC#CCOc1ccc(C[C@H](NC(=O)[C@@H](C=CCCCCCCC(=O)CCCCCCC)[C@@](O)(CC(=O)O)C(=O)OCOC(=O)C(C)(C)C)C(=O)OCOC(=O)C(C)(C)C)cc1. The van der Waals surface area contributed by atoms with Crippen molar-refractivity contribution >= 4 is 41.5 Å². The first-order valence-corrected chi connectivity index (χ1v) is 21.4. The predicted molar refractivity (Wildman–Crippen MR) is 230 cm³/mol. The van der Waals surface area contributed by atoms with Crippen molar-refractivity contribution in [2.75, 3.05) is 20.2 Å². The third kappa shape index (κ3) is 22.0. The molecule has 0 heterocycles. The minimum Gasteiger partial charge on any atom is -0.481 e. The van der Waals surface area contributed by atoms with Crippen LogP contribution >= 0.6 is 0 Å². The highest BCUT2D eigenvalue weighted by molar-refractivity contribution is 5.95. The number of aliphatic hydroxyl groups is 1. The number of carboxylic acids is 1. The molecule has 0 spiro atoms. The molecule has 3 N–H and O–H groups in total. The summed E-state index contributed by atoms with van der Waals surface area (Å²) in [7, 11) is 0. The fraction of sp³-hybridized carbons (Fsp3) is 0.638. The molecule has 1 rings (SSSR count). The molecule has 0 saturated carbocycles. The smallest absolute Gasteiger partial charge is 0.342 e. The molecular formula is C47H69NO14. The Hall–Kier alpha value is -5.23. The van der Waals surface area contributed by atoms with E-state index >= 15 is 0 Å². The molecule has 0 fully saturated rings. The van der Waals surface area contributed by atoms with Crippen molar-refractivity contribution in [3.63, 3.8) is 0 Å². The summed E-state index contributed by atoms with van der Waals surface area (Å²) in [5.74, 6) is -2.58. The number of esters is 4. The Morgan fingerprint density at radius 2 is 1.27 bits per heavy atom. The monoisotopic (exact) mass is 871 g/mol. The number of rotatable bonds is 29. The van der Waals surface area contributed by atoms with Crippen LogP contribution in [-0.4, -0.2) is 83.6 Å². The van der Waals surface area contributed by atoms with E-state index < -0.39 is 84.2 Å². The number of carbonyl (C=O) groups is 7. The second kappa shape index (κ2) is 28.4. The molecule has 0 bridgehead atoms. The molecule has 15 heteroatoms. The Morgan fingerprint density at radius 1 is 0.742 bits per heavy atom. The Bertz CT molecular complexity index is 1690. The minimum atomic E-state index is -3.06. The molecule has 0 aliphatic rings. The van der Waals surface area contributed by atoms with Crippen LogP contribution in [0, 0.1) is 28.6 Å². The Kier molecular flexibility index (Phi) is 25.1. The van der Waals surface area contributed by atoms with Gasteiger partial charge in [0.05, 0.1) is 23.2 Å². The number of Topliss-reactive ketones (excluding diaryl/α,β-unsaturated/α-hetero) is 1. The second-order valence-corrected chi connectivity index (χ2v) is 17.2. The molecule has 1 aromatic carbocycles. The van der Waals surface area contributed by atoms with Crippen molar-refractivity contribution in [3.8, 4) is 17.6 Å². The van der Waals surface area contributed by atoms with Crippen molar-refractivity contribution in [2.24, 2.45) is 16.7 Å². The fourth-order valence-corrected chi connectivity index (χ4v) is 5.76. The molecule has 0 unspecified atom stereocenters. The maximum atomic E-state index is 14.2. The Balaban J connectivity index is 3.38. The predicted octanol–water partition coefficient (Wildman–Crippen LogP) is 6.94. The van der Waals surface area contributed by atoms with Gasteiger partial charge >= 0.3 is 29.8 Å². The van der Waals surface area contributed by atoms with Gasteiger partial charge in [-0.3, -0.25) is 24.0 Å². The third-order valence-electron chi connectivity index (χ3n) is 9.48. The molecule has 0 radical (unpaired) electrons. The number of ketones is 1. The van der Waals surface area contributed by atoms with Gasteiger partial charge < -0.3 is 39.2 Å². The molecule has 1 aromatic rings. The quantitative estimate of drug-likeness (QED) is 0.0244. The van der Waals surface area contributed by atoms with E-state index in [4.69, 9.17) is 23.7 Å². The maximum absolute atomic E-state index is 14.2. The summed E-state index contributed by atoms with van der Waals surface area (Å²) >= 11 is 0. The number of aliphatic carboxylic acids is 1. The average Bonchev–Trinajstić information content (AvgIpc) is 3.19. The number of carboxylic acid groups (broad SMARTS) is 1. The van der Waals surface area contributed by atoms with Gasteiger partial charge in [0.25, 0.3) is 0 Å². The van der Waals surface area contributed by atoms with E-state index in [-0.39, 0.29) is 18.8 Å². The summed E-state index contributed by atoms with van der Waals surface area (Å²) < 4.78 is 25.9. The summed E-state index contributed by atoms with van der Waals surface area (Å²) in [5.41, 5.74) is -4.44. The molecule has 0 aliphatic heterocycles. The van der Waals surface area contributed by atoms with Gasteiger partial charge in [-0.2, -0.15) is 0 Å². The first-order chi connectivity index (χ1) is 29.1. The number of benzene rings is 1. The van der Waals surface area contributed by atoms with Crippen LogP contribution < -0.4 is 10.1 Å². The van der Waals surface area contributed by atoms with Gasteiger partial charge in [0.1, 0.15) is 24.2 Å². The number of nitrogens with one attached hydrogen (secondary N) is 1. The van der Waals surface area contributed by atoms with E-state index in [1.165, 1.54) is 18.6 Å². The maximum Gasteiger partial charge on any atom is 0.342 e. The number of amides is 1. The highest BCUT2D eigenvalue weighted by atomic mass is 16.7. The molecule has 0 saturated heterocycles. The lowest BCUT2D eigenvalue weighted by Crippen LogP contribution is -2.56. The van der Waals surface area contributed by atoms with Crippen molar-refractivity contribution in [2.45, 2.75) is 157 Å². The zero-order valence-corrected chi connectivity index (χ0v) is 37.9. The molecular weight excluding hydrogens is 803 g/mol. The van der Waals surface area contributed by atoms with Gasteiger partial charge in [0.2, 0.25) is 19.5 Å². The lowest BCUT2D eigenvalue weighted by molar-refractivity contribution is -0.192. The second-order valence-electron chi connectivity index (χ2n) is 17.2. The van der Waals surface area contributed by atoms with E-state index in [9.17, 15) is 43.8 Å². The lowest BCUT2D eigenvalue weighted by Gasteiger charge is -2.31. The normalized spacial score (nSPS) is 13.4. The fourth-order valence-electron chi connectivity index (χ4n) is 5.76. The number of hydrogen-bond acceptors (Lipinski definition) is 13. The summed E-state index contributed by atoms with van der Waals surface area (Å²) in [4.78, 5) is 90.4. The molecule has 62 heavy (non-hydrogen) atoms. The standard InChI is InChI=1S/C47H69NO14/c1-9-11-13-16-19-22-35(49)23-20-17-14-15-18-21-24-37(47(57,31-39(50)51)44(56)62-33-61-43(55)46(6,7)8)40(52)48-38(41(53)59-32-60-42(54)45(3,4)5)30-34-25-27-36(28-26-34)58-29-12-10-2/h21,24-28,37-38,57H,9,11,13-20,22-23,29-33H2,1-8H3,(H,48,52)(H,50,51)/t37-,38+,47+/m1/s1. The molecule has 3 atom stereocenters.